The van der Waals surface area contributed by atoms with Crippen molar-refractivity contribution in [1.29, 1.82) is 0 Å². The van der Waals surface area contributed by atoms with Gasteiger partial charge in [0.1, 0.15) is 18.0 Å². The molecule has 1 saturated heterocycles. The van der Waals surface area contributed by atoms with E-state index < -0.39 is 0 Å². The van der Waals surface area contributed by atoms with Crippen LogP contribution < -0.4 is 10.2 Å². The highest BCUT2D eigenvalue weighted by Crippen LogP contribution is 2.19. The average Bonchev–Trinajstić information content (AvgIpc) is 3.11. The van der Waals surface area contributed by atoms with Gasteiger partial charge in [-0.15, -0.1) is 0 Å². The highest BCUT2D eigenvalue weighted by Gasteiger charge is 2.13. The second kappa shape index (κ2) is 5.90. The second-order valence-electron chi connectivity index (χ2n) is 5.11. The van der Waals surface area contributed by atoms with Gasteiger partial charge >= 0.3 is 0 Å². The third-order valence-electron chi connectivity index (χ3n) is 3.54. The van der Waals surface area contributed by atoms with Crippen LogP contribution in [0, 0.1) is 0 Å². The number of hydrogen-bond acceptors (Lipinski definition) is 5. The zero-order valence-electron chi connectivity index (χ0n) is 11.8. The van der Waals surface area contributed by atoms with Crippen molar-refractivity contribution in [3.63, 3.8) is 0 Å². The number of aromatic nitrogens is 4. The minimum Gasteiger partial charge on any atom is -0.370 e. The summed E-state index contributed by atoms with van der Waals surface area (Å²) in [6.45, 7) is 3.03. The second-order valence-corrected chi connectivity index (χ2v) is 5.11. The predicted molar refractivity (Wildman–Crippen MR) is 78.9 cm³/mol. The van der Waals surface area contributed by atoms with Crippen LogP contribution in [-0.2, 0) is 13.5 Å². The van der Waals surface area contributed by atoms with E-state index in [1.165, 1.54) is 12.8 Å². The van der Waals surface area contributed by atoms with Gasteiger partial charge in [-0.2, -0.15) is 5.10 Å². The molecule has 2 aromatic heterocycles. The van der Waals surface area contributed by atoms with E-state index in [-0.39, 0.29) is 0 Å². The van der Waals surface area contributed by atoms with Gasteiger partial charge in [-0.3, -0.25) is 4.68 Å². The van der Waals surface area contributed by atoms with Gasteiger partial charge in [0.25, 0.3) is 0 Å². The van der Waals surface area contributed by atoms with Gasteiger partial charge in [0.2, 0.25) is 0 Å². The molecule has 1 N–H and O–H groups in total. The minimum atomic E-state index is 0.827. The Morgan fingerprint density at radius 1 is 1.25 bits per heavy atom. The Kier molecular flexibility index (Phi) is 3.80. The van der Waals surface area contributed by atoms with Crippen LogP contribution in [0.4, 0.5) is 11.6 Å². The molecule has 0 bridgehead atoms. The summed E-state index contributed by atoms with van der Waals surface area (Å²) in [4.78, 5) is 10.9. The van der Waals surface area contributed by atoms with E-state index in [0.29, 0.717) is 0 Å². The molecule has 1 aliphatic heterocycles. The maximum Gasteiger partial charge on any atom is 0.134 e. The molecule has 6 heteroatoms. The summed E-state index contributed by atoms with van der Waals surface area (Å²) in [6.07, 6.45) is 7.00. The van der Waals surface area contributed by atoms with Crippen LogP contribution in [0.2, 0.25) is 0 Å². The van der Waals surface area contributed by atoms with E-state index >= 15 is 0 Å². The Hall–Kier alpha value is -2.11. The summed E-state index contributed by atoms with van der Waals surface area (Å²) < 4.78 is 1.82. The van der Waals surface area contributed by atoms with Crippen molar-refractivity contribution < 1.29 is 0 Å². The number of rotatable bonds is 5. The molecule has 0 atom stereocenters. The Labute approximate surface area is 118 Å². The maximum atomic E-state index is 4.36. The molecule has 0 amide bonds. The molecule has 3 heterocycles. The lowest BCUT2D eigenvalue weighted by Gasteiger charge is -2.16. The topological polar surface area (TPSA) is 58.9 Å². The standard InChI is InChI=1S/C14H20N6/c1-19-9-5-12(18-19)4-6-15-13-10-14(17-11-16-13)20-7-2-3-8-20/h5,9-11H,2-4,6-8H2,1H3,(H,15,16,17). The summed E-state index contributed by atoms with van der Waals surface area (Å²) in [5, 5.41) is 7.70. The Balaban J connectivity index is 1.55. The van der Waals surface area contributed by atoms with Crippen LogP contribution in [-0.4, -0.2) is 39.4 Å². The van der Waals surface area contributed by atoms with Crippen LogP contribution in [0.5, 0.6) is 0 Å². The molecular formula is C14H20N6. The molecular weight excluding hydrogens is 252 g/mol. The first-order chi connectivity index (χ1) is 9.81. The molecule has 3 rings (SSSR count). The first-order valence-corrected chi connectivity index (χ1v) is 7.11. The molecule has 2 aromatic rings. The van der Waals surface area contributed by atoms with Crippen molar-refractivity contribution in [2.45, 2.75) is 19.3 Å². The fourth-order valence-corrected chi connectivity index (χ4v) is 2.48. The largest absolute Gasteiger partial charge is 0.370 e. The minimum absolute atomic E-state index is 0.827. The Morgan fingerprint density at radius 2 is 2.10 bits per heavy atom. The van der Waals surface area contributed by atoms with Crippen LogP contribution in [0.3, 0.4) is 0 Å². The molecule has 0 radical (unpaired) electrons. The molecule has 0 aliphatic carbocycles. The smallest absolute Gasteiger partial charge is 0.134 e. The summed E-state index contributed by atoms with van der Waals surface area (Å²) >= 11 is 0. The van der Waals surface area contributed by atoms with E-state index in [4.69, 9.17) is 0 Å². The van der Waals surface area contributed by atoms with Crippen LogP contribution in [0.25, 0.3) is 0 Å². The molecule has 0 saturated carbocycles. The lowest BCUT2D eigenvalue weighted by molar-refractivity contribution is 0.742. The zero-order chi connectivity index (χ0) is 13.8. The SMILES string of the molecule is Cn1ccc(CCNc2cc(N3CCCC3)ncn2)n1. The van der Waals surface area contributed by atoms with Crippen molar-refractivity contribution in [2.75, 3.05) is 29.9 Å². The van der Waals surface area contributed by atoms with Gasteiger partial charge in [0, 0.05) is 45.4 Å². The molecule has 106 valence electrons. The average molecular weight is 272 g/mol. The highest BCUT2D eigenvalue weighted by atomic mass is 15.2. The number of nitrogens with zero attached hydrogens (tertiary/aromatic N) is 5. The van der Waals surface area contributed by atoms with Crippen LogP contribution >= 0.6 is 0 Å². The Bertz CT molecular complexity index is 558. The van der Waals surface area contributed by atoms with Gasteiger partial charge in [-0.1, -0.05) is 0 Å². The molecule has 1 aliphatic rings. The normalized spacial score (nSPS) is 14.8. The van der Waals surface area contributed by atoms with Gasteiger partial charge in [0.15, 0.2) is 0 Å². The molecule has 6 nitrogen and oxygen atoms in total. The molecule has 0 unspecified atom stereocenters. The molecule has 20 heavy (non-hydrogen) atoms. The molecule has 0 aromatic carbocycles. The maximum absolute atomic E-state index is 4.36. The molecule has 0 spiro atoms. The first-order valence-electron chi connectivity index (χ1n) is 7.11. The number of nitrogens with one attached hydrogen (secondary N) is 1. The van der Waals surface area contributed by atoms with Gasteiger partial charge in [0.05, 0.1) is 5.69 Å². The van der Waals surface area contributed by atoms with E-state index in [2.05, 4.69) is 25.3 Å². The van der Waals surface area contributed by atoms with Crippen molar-refractivity contribution >= 4 is 11.6 Å². The Morgan fingerprint density at radius 3 is 2.85 bits per heavy atom. The van der Waals surface area contributed by atoms with Crippen molar-refractivity contribution in [1.82, 2.24) is 19.7 Å². The monoisotopic (exact) mass is 272 g/mol. The number of hydrogen-bond donors (Lipinski definition) is 1. The van der Waals surface area contributed by atoms with Crippen molar-refractivity contribution in [3.05, 3.63) is 30.4 Å². The fourth-order valence-electron chi connectivity index (χ4n) is 2.48. The third kappa shape index (κ3) is 3.07. The van der Waals surface area contributed by atoms with Crippen LogP contribution in [0.15, 0.2) is 24.7 Å². The summed E-state index contributed by atoms with van der Waals surface area (Å²) in [5.41, 5.74) is 1.09. The number of anilines is 2. The summed E-state index contributed by atoms with van der Waals surface area (Å²) in [5.74, 6) is 1.91. The summed E-state index contributed by atoms with van der Waals surface area (Å²) in [7, 11) is 1.93. The van der Waals surface area contributed by atoms with Gasteiger partial charge < -0.3 is 10.2 Å². The fraction of sp³-hybridized carbons (Fsp3) is 0.500. The highest BCUT2D eigenvalue weighted by molar-refractivity contribution is 5.48. The van der Waals surface area contributed by atoms with E-state index in [1.807, 2.05) is 30.1 Å². The lowest BCUT2D eigenvalue weighted by atomic mass is 10.3. The lowest BCUT2D eigenvalue weighted by Crippen LogP contribution is -2.19. The predicted octanol–water partition coefficient (Wildman–Crippen LogP) is 1.46. The zero-order valence-corrected chi connectivity index (χ0v) is 11.8. The summed E-state index contributed by atoms with van der Waals surface area (Å²) in [6, 6.07) is 4.07. The molecule has 1 fully saturated rings. The first kappa shape index (κ1) is 12.9. The van der Waals surface area contributed by atoms with Gasteiger partial charge in [-0.25, -0.2) is 9.97 Å². The van der Waals surface area contributed by atoms with Crippen molar-refractivity contribution in [2.24, 2.45) is 7.05 Å². The van der Waals surface area contributed by atoms with Gasteiger partial charge in [-0.05, 0) is 18.9 Å². The quantitative estimate of drug-likeness (QED) is 0.893. The number of aryl methyl sites for hydroxylation is 1. The van der Waals surface area contributed by atoms with E-state index in [9.17, 15) is 0 Å². The van der Waals surface area contributed by atoms with Crippen molar-refractivity contribution in [3.8, 4) is 0 Å². The van der Waals surface area contributed by atoms with E-state index in [0.717, 1.165) is 43.4 Å². The third-order valence-corrected chi connectivity index (χ3v) is 3.54. The van der Waals surface area contributed by atoms with Crippen LogP contribution in [0.1, 0.15) is 18.5 Å². The van der Waals surface area contributed by atoms with E-state index in [1.54, 1.807) is 6.33 Å².